The van der Waals surface area contributed by atoms with Gasteiger partial charge in [-0.1, -0.05) is 18.2 Å². The number of pyridine rings is 1. The van der Waals surface area contributed by atoms with Crippen LogP contribution >= 0.6 is 0 Å². The second kappa shape index (κ2) is 9.02. The molecule has 152 valence electrons. The number of fused-ring (bicyclic) bond motifs is 1. The van der Waals surface area contributed by atoms with Crippen molar-refractivity contribution in [3.05, 3.63) is 42.4 Å². The zero-order valence-electron chi connectivity index (χ0n) is 16.6. The van der Waals surface area contributed by atoms with Gasteiger partial charge in [0.25, 0.3) is 0 Å². The SMILES string of the molecule is Cc1ccc2cccc(Oc3ncnc(NCCCN4CCOCC4)c3N)c2n1. The lowest BCUT2D eigenvalue weighted by molar-refractivity contribution is 0.0378. The number of rotatable bonds is 7. The van der Waals surface area contributed by atoms with Crippen LogP contribution in [0.25, 0.3) is 10.9 Å². The number of ether oxygens (including phenoxy) is 2. The Balaban J connectivity index is 1.42. The molecule has 8 heteroatoms. The van der Waals surface area contributed by atoms with Crippen LogP contribution in [0.5, 0.6) is 11.6 Å². The van der Waals surface area contributed by atoms with Crippen LogP contribution in [0.3, 0.4) is 0 Å². The summed E-state index contributed by atoms with van der Waals surface area (Å²) in [7, 11) is 0. The first-order valence-electron chi connectivity index (χ1n) is 9.89. The number of aryl methyl sites for hydroxylation is 1. The number of nitrogens with zero attached hydrogens (tertiary/aromatic N) is 4. The summed E-state index contributed by atoms with van der Waals surface area (Å²) in [6.07, 6.45) is 2.45. The van der Waals surface area contributed by atoms with Crippen LogP contribution in [0.1, 0.15) is 12.1 Å². The van der Waals surface area contributed by atoms with Crippen molar-refractivity contribution in [3.63, 3.8) is 0 Å². The van der Waals surface area contributed by atoms with Gasteiger partial charge in [0, 0.05) is 30.7 Å². The number of benzene rings is 1. The molecule has 0 radical (unpaired) electrons. The molecular formula is C21H26N6O2. The molecule has 0 saturated carbocycles. The van der Waals surface area contributed by atoms with Crippen molar-refractivity contribution in [1.29, 1.82) is 0 Å². The summed E-state index contributed by atoms with van der Waals surface area (Å²) in [6.45, 7) is 7.36. The summed E-state index contributed by atoms with van der Waals surface area (Å²) in [4.78, 5) is 15.5. The van der Waals surface area contributed by atoms with Crippen LogP contribution < -0.4 is 15.8 Å². The van der Waals surface area contributed by atoms with E-state index in [9.17, 15) is 0 Å². The number of morpholine rings is 1. The molecule has 1 aromatic carbocycles. The quantitative estimate of drug-likeness (QED) is 0.590. The van der Waals surface area contributed by atoms with E-state index in [2.05, 4.69) is 25.2 Å². The summed E-state index contributed by atoms with van der Waals surface area (Å²) in [6, 6.07) is 9.79. The summed E-state index contributed by atoms with van der Waals surface area (Å²) < 4.78 is 11.4. The second-order valence-electron chi connectivity index (χ2n) is 7.06. The third-order valence-corrected chi connectivity index (χ3v) is 4.92. The van der Waals surface area contributed by atoms with Crippen LogP contribution in [0.2, 0.25) is 0 Å². The molecule has 0 amide bonds. The predicted molar refractivity (Wildman–Crippen MR) is 113 cm³/mol. The lowest BCUT2D eigenvalue weighted by Crippen LogP contribution is -2.37. The van der Waals surface area contributed by atoms with Gasteiger partial charge < -0.3 is 20.5 Å². The normalized spacial score (nSPS) is 14.8. The lowest BCUT2D eigenvalue weighted by atomic mass is 10.2. The molecule has 3 N–H and O–H groups in total. The monoisotopic (exact) mass is 394 g/mol. The molecule has 0 atom stereocenters. The number of aromatic nitrogens is 3. The van der Waals surface area contributed by atoms with Gasteiger partial charge >= 0.3 is 0 Å². The minimum atomic E-state index is 0.325. The number of anilines is 2. The Morgan fingerprint density at radius 1 is 1.17 bits per heavy atom. The third kappa shape index (κ3) is 4.72. The highest BCUT2D eigenvalue weighted by Gasteiger charge is 2.13. The number of nitrogens with one attached hydrogen (secondary N) is 1. The predicted octanol–water partition coefficient (Wildman–Crippen LogP) is 2.84. The maximum absolute atomic E-state index is 6.27. The van der Waals surface area contributed by atoms with Crippen LogP contribution in [-0.4, -0.2) is 59.2 Å². The molecule has 2 aromatic heterocycles. The van der Waals surface area contributed by atoms with Crippen LogP contribution in [0.4, 0.5) is 11.5 Å². The highest BCUT2D eigenvalue weighted by molar-refractivity contribution is 5.85. The number of hydrogen-bond donors (Lipinski definition) is 2. The Labute approximate surface area is 170 Å². The highest BCUT2D eigenvalue weighted by Crippen LogP contribution is 2.32. The van der Waals surface area contributed by atoms with Crippen molar-refractivity contribution in [1.82, 2.24) is 19.9 Å². The summed E-state index contributed by atoms with van der Waals surface area (Å²) in [5.41, 5.74) is 8.37. The van der Waals surface area contributed by atoms with Crippen molar-refractivity contribution in [2.24, 2.45) is 0 Å². The highest BCUT2D eigenvalue weighted by atomic mass is 16.5. The standard InChI is InChI=1S/C21H26N6O2/c1-15-6-7-16-4-2-5-17(19(16)26-15)29-21-18(22)20(24-14-25-21)23-8-3-9-27-10-12-28-13-11-27/h2,4-7,14H,3,8-13,22H2,1H3,(H,23,24,25). The van der Waals surface area contributed by atoms with E-state index in [4.69, 9.17) is 15.2 Å². The first kappa shape index (κ1) is 19.4. The molecule has 0 aliphatic carbocycles. The van der Waals surface area contributed by atoms with Gasteiger partial charge in [0.15, 0.2) is 11.6 Å². The van der Waals surface area contributed by atoms with E-state index in [0.717, 1.165) is 62.4 Å². The Morgan fingerprint density at radius 2 is 2.03 bits per heavy atom. The smallest absolute Gasteiger partial charge is 0.248 e. The van der Waals surface area contributed by atoms with E-state index in [1.807, 2.05) is 37.3 Å². The number of nitrogen functional groups attached to an aromatic ring is 1. The van der Waals surface area contributed by atoms with Gasteiger partial charge in [-0.05, 0) is 32.0 Å². The number of para-hydroxylation sites is 1. The van der Waals surface area contributed by atoms with E-state index < -0.39 is 0 Å². The van der Waals surface area contributed by atoms with Gasteiger partial charge in [0.05, 0.1) is 13.2 Å². The van der Waals surface area contributed by atoms with E-state index >= 15 is 0 Å². The molecule has 0 bridgehead atoms. The van der Waals surface area contributed by atoms with Crippen molar-refractivity contribution in [2.75, 3.05) is 50.4 Å². The Bertz CT molecular complexity index is 975. The van der Waals surface area contributed by atoms with Crippen LogP contribution in [-0.2, 0) is 4.74 Å². The maximum Gasteiger partial charge on any atom is 0.248 e. The topological polar surface area (TPSA) is 98.4 Å². The molecular weight excluding hydrogens is 368 g/mol. The number of hydrogen-bond acceptors (Lipinski definition) is 8. The van der Waals surface area contributed by atoms with Gasteiger partial charge in [-0.3, -0.25) is 4.90 Å². The fourth-order valence-electron chi connectivity index (χ4n) is 3.34. The molecule has 29 heavy (non-hydrogen) atoms. The molecule has 8 nitrogen and oxygen atoms in total. The van der Waals surface area contributed by atoms with Crippen LogP contribution in [0, 0.1) is 6.92 Å². The minimum absolute atomic E-state index is 0.325. The number of nitrogens with two attached hydrogens (primary N) is 1. The van der Waals surface area contributed by atoms with Crippen LogP contribution in [0.15, 0.2) is 36.7 Å². The van der Waals surface area contributed by atoms with Crippen molar-refractivity contribution in [3.8, 4) is 11.6 Å². The third-order valence-electron chi connectivity index (χ3n) is 4.92. The molecule has 1 fully saturated rings. The molecule has 1 saturated heterocycles. The zero-order chi connectivity index (χ0) is 20.1. The summed E-state index contributed by atoms with van der Waals surface area (Å²) >= 11 is 0. The Kier molecular flexibility index (Phi) is 6.02. The molecule has 1 aliphatic heterocycles. The average molecular weight is 394 g/mol. The van der Waals surface area contributed by atoms with E-state index in [1.54, 1.807) is 0 Å². The minimum Gasteiger partial charge on any atom is -0.435 e. The maximum atomic E-state index is 6.27. The first-order valence-corrected chi connectivity index (χ1v) is 9.89. The van der Waals surface area contributed by atoms with E-state index in [-0.39, 0.29) is 0 Å². The Hall–Kier alpha value is -2.97. The molecule has 3 aromatic rings. The lowest BCUT2D eigenvalue weighted by Gasteiger charge is -2.26. The van der Waals surface area contributed by atoms with Crippen molar-refractivity contribution in [2.45, 2.75) is 13.3 Å². The summed E-state index contributed by atoms with van der Waals surface area (Å²) in [5, 5.41) is 4.30. The van der Waals surface area contributed by atoms with E-state index in [1.165, 1.54) is 6.33 Å². The first-order chi connectivity index (χ1) is 14.2. The Morgan fingerprint density at radius 3 is 2.90 bits per heavy atom. The van der Waals surface area contributed by atoms with Crippen molar-refractivity contribution >= 4 is 22.4 Å². The van der Waals surface area contributed by atoms with Gasteiger partial charge in [-0.25, -0.2) is 9.97 Å². The largest absolute Gasteiger partial charge is 0.435 e. The molecule has 0 spiro atoms. The fourth-order valence-corrected chi connectivity index (χ4v) is 3.34. The van der Waals surface area contributed by atoms with Gasteiger partial charge in [0.2, 0.25) is 5.88 Å². The fraction of sp³-hybridized carbons (Fsp3) is 0.381. The van der Waals surface area contributed by atoms with Crippen molar-refractivity contribution < 1.29 is 9.47 Å². The van der Waals surface area contributed by atoms with Gasteiger partial charge in [-0.2, -0.15) is 4.98 Å². The molecule has 1 aliphatic rings. The molecule has 4 rings (SSSR count). The molecule has 0 unspecified atom stereocenters. The zero-order valence-corrected chi connectivity index (χ0v) is 16.6. The average Bonchev–Trinajstić information content (AvgIpc) is 2.75. The van der Waals surface area contributed by atoms with Gasteiger partial charge in [-0.15, -0.1) is 0 Å². The molecule has 3 heterocycles. The van der Waals surface area contributed by atoms with Gasteiger partial charge in [0.1, 0.15) is 17.5 Å². The summed E-state index contributed by atoms with van der Waals surface area (Å²) in [5.74, 6) is 1.53. The second-order valence-corrected chi connectivity index (χ2v) is 7.06. The van der Waals surface area contributed by atoms with E-state index in [0.29, 0.717) is 23.1 Å².